The summed E-state index contributed by atoms with van der Waals surface area (Å²) in [7, 11) is 2.08. The first kappa shape index (κ1) is 18.2. The fraction of sp³-hybridized carbons (Fsp3) is 0.591. The minimum Gasteiger partial charge on any atom is -0.334 e. The number of nitrogens with zero attached hydrogens (tertiary/aromatic N) is 3. The number of likely N-dealkylation sites (tertiary alicyclic amines) is 1. The maximum Gasteiger partial charge on any atom is 0.139 e. The van der Waals surface area contributed by atoms with Gasteiger partial charge in [-0.1, -0.05) is 52.0 Å². The summed E-state index contributed by atoms with van der Waals surface area (Å²) in [5, 5.41) is 0. The molecule has 3 heteroatoms. The number of hydrogen-bond donors (Lipinski definition) is 0. The summed E-state index contributed by atoms with van der Waals surface area (Å²) in [6, 6.07) is 8.99. The zero-order chi connectivity index (χ0) is 18.0. The quantitative estimate of drug-likeness (QED) is 0.757. The van der Waals surface area contributed by atoms with Crippen LogP contribution in [-0.2, 0) is 13.6 Å². The number of aromatic nitrogens is 2. The van der Waals surface area contributed by atoms with Crippen molar-refractivity contribution in [2.24, 2.45) is 18.9 Å². The molecule has 0 spiro atoms. The summed E-state index contributed by atoms with van der Waals surface area (Å²) in [5.41, 5.74) is 3.77. The van der Waals surface area contributed by atoms with Crippen molar-refractivity contribution in [1.82, 2.24) is 14.5 Å². The first-order chi connectivity index (χ1) is 11.9. The second-order valence-corrected chi connectivity index (χ2v) is 8.31. The van der Waals surface area contributed by atoms with Gasteiger partial charge in [-0.25, -0.2) is 4.98 Å². The van der Waals surface area contributed by atoms with Crippen LogP contribution in [0, 0.1) is 11.8 Å². The lowest BCUT2D eigenvalue weighted by Crippen LogP contribution is -2.34. The number of piperidine rings is 1. The maximum atomic E-state index is 4.80. The third kappa shape index (κ3) is 4.33. The highest BCUT2D eigenvalue weighted by molar-refractivity contribution is 5.56. The van der Waals surface area contributed by atoms with Crippen LogP contribution in [0.4, 0.5) is 0 Å². The average molecular weight is 340 g/mol. The smallest absolute Gasteiger partial charge is 0.139 e. The van der Waals surface area contributed by atoms with Gasteiger partial charge in [0.25, 0.3) is 0 Å². The average Bonchev–Trinajstić information content (AvgIpc) is 2.98. The molecular formula is C22H33N3. The topological polar surface area (TPSA) is 21.1 Å². The molecule has 1 saturated heterocycles. The Kier molecular flexibility index (Phi) is 5.63. The first-order valence-corrected chi connectivity index (χ1v) is 9.79. The maximum absolute atomic E-state index is 4.80. The standard InChI is InChI=1S/C22H33N3/c1-16(2)19-10-12-25(13-11-19)14-18-6-8-20(9-7-18)22-23-21(17(3)4)15-24(22)5/h6-9,15-17,19H,10-14H2,1-5H3. The molecule has 136 valence electrons. The predicted octanol–water partition coefficient (Wildman–Crippen LogP) is 5.08. The van der Waals surface area contributed by atoms with Crippen LogP contribution in [0.2, 0.25) is 0 Å². The molecule has 25 heavy (non-hydrogen) atoms. The van der Waals surface area contributed by atoms with E-state index in [-0.39, 0.29) is 0 Å². The molecule has 0 unspecified atom stereocenters. The fourth-order valence-electron chi connectivity index (χ4n) is 3.83. The summed E-state index contributed by atoms with van der Waals surface area (Å²) >= 11 is 0. The van der Waals surface area contributed by atoms with Crippen LogP contribution in [0.15, 0.2) is 30.5 Å². The highest BCUT2D eigenvalue weighted by Crippen LogP contribution is 2.26. The third-order valence-corrected chi connectivity index (χ3v) is 5.68. The fourth-order valence-corrected chi connectivity index (χ4v) is 3.83. The van der Waals surface area contributed by atoms with E-state index in [1.165, 1.54) is 37.1 Å². The molecule has 1 fully saturated rings. The second kappa shape index (κ2) is 7.74. The lowest BCUT2D eigenvalue weighted by atomic mass is 9.86. The summed E-state index contributed by atoms with van der Waals surface area (Å²) in [6.45, 7) is 12.7. The Bertz CT molecular complexity index is 674. The normalized spacial score (nSPS) is 16.9. The molecule has 1 aliphatic rings. The molecular weight excluding hydrogens is 306 g/mol. The second-order valence-electron chi connectivity index (χ2n) is 8.31. The van der Waals surface area contributed by atoms with Crippen molar-refractivity contribution in [2.75, 3.05) is 13.1 Å². The zero-order valence-corrected chi connectivity index (χ0v) is 16.5. The van der Waals surface area contributed by atoms with Gasteiger partial charge in [-0.15, -0.1) is 0 Å². The van der Waals surface area contributed by atoms with Gasteiger partial charge >= 0.3 is 0 Å². The van der Waals surface area contributed by atoms with Gasteiger partial charge in [0.1, 0.15) is 5.82 Å². The molecule has 3 rings (SSSR count). The van der Waals surface area contributed by atoms with Crippen LogP contribution in [0.25, 0.3) is 11.4 Å². The van der Waals surface area contributed by atoms with Gasteiger partial charge in [0, 0.05) is 25.4 Å². The van der Waals surface area contributed by atoms with Crippen molar-refractivity contribution in [1.29, 1.82) is 0 Å². The van der Waals surface area contributed by atoms with E-state index in [4.69, 9.17) is 4.98 Å². The Hall–Kier alpha value is -1.61. The molecule has 1 aromatic carbocycles. The minimum absolute atomic E-state index is 0.466. The summed E-state index contributed by atoms with van der Waals surface area (Å²) in [6.07, 6.45) is 4.84. The number of aryl methyl sites for hydroxylation is 1. The molecule has 2 aromatic rings. The Morgan fingerprint density at radius 1 is 1.04 bits per heavy atom. The molecule has 1 aromatic heterocycles. The van der Waals surface area contributed by atoms with Gasteiger partial charge < -0.3 is 4.57 Å². The van der Waals surface area contributed by atoms with Crippen LogP contribution in [-0.4, -0.2) is 27.5 Å². The Balaban J connectivity index is 1.63. The van der Waals surface area contributed by atoms with Crippen LogP contribution >= 0.6 is 0 Å². The van der Waals surface area contributed by atoms with Crippen molar-refractivity contribution >= 4 is 0 Å². The van der Waals surface area contributed by atoms with E-state index in [9.17, 15) is 0 Å². The number of imidazole rings is 1. The SMILES string of the molecule is CC(C)c1cn(C)c(-c2ccc(CN3CCC(C(C)C)CC3)cc2)n1. The van der Waals surface area contributed by atoms with Gasteiger partial charge in [-0.2, -0.15) is 0 Å². The largest absolute Gasteiger partial charge is 0.334 e. The molecule has 0 bridgehead atoms. The van der Waals surface area contributed by atoms with E-state index >= 15 is 0 Å². The van der Waals surface area contributed by atoms with E-state index < -0.39 is 0 Å². The molecule has 2 heterocycles. The predicted molar refractivity (Wildman–Crippen MR) is 106 cm³/mol. The lowest BCUT2D eigenvalue weighted by molar-refractivity contribution is 0.152. The number of rotatable bonds is 5. The number of hydrogen-bond acceptors (Lipinski definition) is 2. The molecule has 0 saturated carbocycles. The molecule has 3 nitrogen and oxygen atoms in total. The summed E-state index contributed by atoms with van der Waals surface area (Å²) < 4.78 is 2.14. The van der Waals surface area contributed by atoms with Crippen molar-refractivity contribution in [3.63, 3.8) is 0 Å². The third-order valence-electron chi connectivity index (χ3n) is 5.68. The molecule has 1 aliphatic heterocycles. The molecule has 0 aliphatic carbocycles. The van der Waals surface area contributed by atoms with Gasteiger partial charge in [0.05, 0.1) is 5.69 Å². The van der Waals surface area contributed by atoms with Crippen molar-refractivity contribution in [3.05, 3.63) is 41.7 Å². The Labute approximate surface area is 153 Å². The van der Waals surface area contributed by atoms with Gasteiger partial charge in [0.15, 0.2) is 0 Å². The van der Waals surface area contributed by atoms with E-state index in [2.05, 4.69) is 74.7 Å². The highest BCUT2D eigenvalue weighted by Gasteiger charge is 2.21. The molecule has 0 radical (unpaired) electrons. The van der Waals surface area contributed by atoms with Crippen molar-refractivity contribution in [2.45, 2.75) is 53.0 Å². The number of benzene rings is 1. The van der Waals surface area contributed by atoms with Crippen LogP contribution < -0.4 is 0 Å². The molecule has 0 N–H and O–H groups in total. The van der Waals surface area contributed by atoms with Crippen molar-refractivity contribution in [3.8, 4) is 11.4 Å². The van der Waals surface area contributed by atoms with Gasteiger partial charge in [0.2, 0.25) is 0 Å². The van der Waals surface area contributed by atoms with Gasteiger partial charge in [-0.05, 0) is 49.2 Å². The monoisotopic (exact) mass is 339 g/mol. The van der Waals surface area contributed by atoms with E-state index in [1.807, 2.05) is 0 Å². The van der Waals surface area contributed by atoms with Crippen LogP contribution in [0.1, 0.15) is 57.7 Å². The van der Waals surface area contributed by atoms with Crippen LogP contribution in [0.3, 0.4) is 0 Å². The molecule has 0 atom stereocenters. The first-order valence-electron chi connectivity index (χ1n) is 9.79. The Morgan fingerprint density at radius 3 is 2.20 bits per heavy atom. The van der Waals surface area contributed by atoms with Gasteiger partial charge in [-0.3, -0.25) is 4.90 Å². The lowest BCUT2D eigenvalue weighted by Gasteiger charge is -2.33. The minimum atomic E-state index is 0.466. The summed E-state index contributed by atoms with van der Waals surface area (Å²) in [4.78, 5) is 7.40. The van der Waals surface area contributed by atoms with Crippen molar-refractivity contribution < 1.29 is 0 Å². The zero-order valence-electron chi connectivity index (χ0n) is 16.5. The van der Waals surface area contributed by atoms with E-state index in [0.717, 1.165) is 29.9 Å². The highest BCUT2D eigenvalue weighted by atomic mass is 15.1. The van der Waals surface area contributed by atoms with E-state index in [0.29, 0.717) is 5.92 Å². The summed E-state index contributed by atoms with van der Waals surface area (Å²) in [5.74, 6) is 3.27. The molecule has 0 amide bonds. The Morgan fingerprint density at radius 2 is 1.68 bits per heavy atom. The van der Waals surface area contributed by atoms with Crippen LogP contribution in [0.5, 0.6) is 0 Å². The van der Waals surface area contributed by atoms with E-state index in [1.54, 1.807) is 0 Å².